The molecule has 2 aliphatic rings. The smallest absolute Gasteiger partial charge is 0.0617 e. The van der Waals surface area contributed by atoms with E-state index in [1.165, 1.54) is 51.6 Å². The molecule has 2 saturated heterocycles. The minimum atomic E-state index is 0.488. The summed E-state index contributed by atoms with van der Waals surface area (Å²) >= 11 is 0. The van der Waals surface area contributed by atoms with Gasteiger partial charge in [0.25, 0.3) is 0 Å². The SMILES string of the molecule is CCC(CC)[C@H]1C[C@H](NC2CCN(C(C)C)CC2)CCO1. The van der Waals surface area contributed by atoms with Crippen molar-refractivity contribution in [1.29, 1.82) is 0 Å². The van der Waals surface area contributed by atoms with E-state index >= 15 is 0 Å². The second-order valence-electron chi connectivity index (χ2n) is 7.28. The summed E-state index contributed by atoms with van der Waals surface area (Å²) < 4.78 is 6.04. The van der Waals surface area contributed by atoms with E-state index in [4.69, 9.17) is 4.74 Å². The van der Waals surface area contributed by atoms with E-state index < -0.39 is 0 Å². The third kappa shape index (κ3) is 4.94. The van der Waals surface area contributed by atoms with E-state index in [0.717, 1.165) is 18.6 Å². The zero-order valence-electron chi connectivity index (χ0n) is 14.6. The quantitative estimate of drug-likeness (QED) is 0.812. The predicted octanol–water partition coefficient (Wildman–Crippen LogP) is 3.43. The highest BCUT2D eigenvalue weighted by atomic mass is 16.5. The number of hydrogen-bond acceptors (Lipinski definition) is 3. The Morgan fingerprint density at radius 2 is 1.71 bits per heavy atom. The Morgan fingerprint density at radius 1 is 1.05 bits per heavy atom. The first kappa shape index (κ1) is 17.2. The second kappa shape index (κ2) is 8.50. The molecule has 2 rings (SSSR count). The van der Waals surface area contributed by atoms with Crippen LogP contribution in [0.2, 0.25) is 0 Å². The van der Waals surface area contributed by atoms with Crippen LogP contribution in [0.15, 0.2) is 0 Å². The largest absolute Gasteiger partial charge is 0.378 e. The van der Waals surface area contributed by atoms with Gasteiger partial charge >= 0.3 is 0 Å². The van der Waals surface area contributed by atoms with E-state index in [1.54, 1.807) is 0 Å². The highest BCUT2D eigenvalue weighted by Gasteiger charge is 2.29. The van der Waals surface area contributed by atoms with Crippen molar-refractivity contribution >= 4 is 0 Å². The van der Waals surface area contributed by atoms with E-state index in [0.29, 0.717) is 18.2 Å². The van der Waals surface area contributed by atoms with Crippen LogP contribution >= 0.6 is 0 Å². The number of hydrogen-bond donors (Lipinski definition) is 1. The summed E-state index contributed by atoms with van der Waals surface area (Å²) in [5.41, 5.74) is 0. The Balaban J connectivity index is 1.75. The zero-order chi connectivity index (χ0) is 15.2. The average Bonchev–Trinajstić information content (AvgIpc) is 2.49. The molecular weight excluding hydrogens is 260 g/mol. The molecule has 3 nitrogen and oxygen atoms in total. The summed E-state index contributed by atoms with van der Waals surface area (Å²) in [4.78, 5) is 2.61. The first-order valence-electron chi connectivity index (χ1n) is 9.25. The zero-order valence-corrected chi connectivity index (χ0v) is 14.6. The molecule has 0 spiro atoms. The van der Waals surface area contributed by atoms with Crippen LogP contribution in [0.1, 0.15) is 66.2 Å². The molecule has 3 heteroatoms. The number of nitrogens with zero attached hydrogens (tertiary/aromatic N) is 1. The van der Waals surface area contributed by atoms with Crippen LogP contribution in [-0.2, 0) is 4.74 Å². The summed E-state index contributed by atoms with van der Waals surface area (Å²) in [6.45, 7) is 12.7. The van der Waals surface area contributed by atoms with Crippen molar-refractivity contribution in [3.05, 3.63) is 0 Å². The molecule has 0 bridgehead atoms. The van der Waals surface area contributed by atoms with Crippen LogP contribution in [0.4, 0.5) is 0 Å². The van der Waals surface area contributed by atoms with Crippen molar-refractivity contribution in [3.8, 4) is 0 Å². The fourth-order valence-electron chi connectivity index (χ4n) is 4.04. The van der Waals surface area contributed by atoms with Crippen molar-refractivity contribution in [2.45, 2.75) is 90.4 Å². The third-order valence-corrected chi connectivity index (χ3v) is 5.62. The van der Waals surface area contributed by atoms with E-state index in [-0.39, 0.29) is 0 Å². The standard InChI is InChI=1S/C18H36N2O/c1-5-15(6-2)18-13-17(9-12-21-18)19-16-7-10-20(11-8-16)14(3)4/h14-19H,5-13H2,1-4H3/t17-,18-/m1/s1. The van der Waals surface area contributed by atoms with Gasteiger partial charge < -0.3 is 15.0 Å². The van der Waals surface area contributed by atoms with Gasteiger partial charge in [-0.1, -0.05) is 26.7 Å². The van der Waals surface area contributed by atoms with Gasteiger partial charge in [-0.2, -0.15) is 0 Å². The van der Waals surface area contributed by atoms with E-state index in [1.807, 2.05) is 0 Å². The lowest BCUT2D eigenvalue weighted by molar-refractivity contribution is -0.0373. The Bertz CT molecular complexity index is 283. The summed E-state index contributed by atoms with van der Waals surface area (Å²) in [5, 5.41) is 3.94. The molecule has 0 aromatic heterocycles. The fraction of sp³-hybridized carbons (Fsp3) is 1.00. The Morgan fingerprint density at radius 3 is 2.29 bits per heavy atom. The molecule has 21 heavy (non-hydrogen) atoms. The van der Waals surface area contributed by atoms with Crippen molar-refractivity contribution in [1.82, 2.24) is 10.2 Å². The first-order chi connectivity index (χ1) is 10.1. The van der Waals surface area contributed by atoms with Gasteiger partial charge in [-0.3, -0.25) is 0 Å². The van der Waals surface area contributed by atoms with Gasteiger partial charge in [0.2, 0.25) is 0 Å². The lowest BCUT2D eigenvalue weighted by atomic mass is 9.88. The topological polar surface area (TPSA) is 24.5 Å². The van der Waals surface area contributed by atoms with Crippen molar-refractivity contribution in [2.24, 2.45) is 5.92 Å². The molecule has 0 unspecified atom stereocenters. The summed E-state index contributed by atoms with van der Waals surface area (Å²) in [6.07, 6.45) is 8.03. The van der Waals surface area contributed by atoms with Crippen LogP contribution in [0.5, 0.6) is 0 Å². The number of ether oxygens (including phenoxy) is 1. The Hall–Kier alpha value is -0.120. The third-order valence-electron chi connectivity index (χ3n) is 5.62. The van der Waals surface area contributed by atoms with Crippen LogP contribution in [0.3, 0.4) is 0 Å². The lowest BCUT2D eigenvalue weighted by Gasteiger charge is -2.39. The molecule has 2 atom stereocenters. The van der Waals surface area contributed by atoms with Gasteiger partial charge in [-0.25, -0.2) is 0 Å². The van der Waals surface area contributed by atoms with Gasteiger partial charge in [0.15, 0.2) is 0 Å². The fourth-order valence-corrected chi connectivity index (χ4v) is 4.04. The molecule has 0 aromatic carbocycles. The van der Waals surface area contributed by atoms with Crippen LogP contribution in [0.25, 0.3) is 0 Å². The van der Waals surface area contributed by atoms with E-state index in [9.17, 15) is 0 Å². The number of nitrogens with one attached hydrogen (secondary N) is 1. The van der Waals surface area contributed by atoms with Crippen LogP contribution in [0, 0.1) is 5.92 Å². The second-order valence-corrected chi connectivity index (χ2v) is 7.28. The summed E-state index contributed by atoms with van der Waals surface area (Å²) in [6, 6.07) is 2.11. The summed E-state index contributed by atoms with van der Waals surface area (Å²) in [5.74, 6) is 0.748. The van der Waals surface area contributed by atoms with Crippen LogP contribution in [-0.4, -0.2) is 48.8 Å². The van der Waals surface area contributed by atoms with Crippen molar-refractivity contribution < 1.29 is 4.74 Å². The number of likely N-dealkylation sites (tertiary alicyclic amines) is 1. The summed E-state index contributed by atoms with van der Waals surface area (Å²) in [7, 11) is 0. The first-order valence-corrected chi connectivity index (χ1v) is 9.25. The minimum Gasteiger partial charge on any atom is -0.378 e. The van der Waals surface area contributed by atoms with Gasteiger partial charge in [0.05, 0.1) is 6.10 Å². The minimum absolute atomic E-state index is 0.488. The maximum Gasteiger partial charge on any atom is 0.0617 e. The Kier molecular flexibility index (Phi) is 6.97. The van der Waals surface area contributed by atoms with Crippen molar-refractivity contribution in [2.75, 3.05) is 19.7 Å². The van der Waals surface area contributed by atoms with Gasteiger partial charge in [0.1, 0.15) is 0 Å². The number of rotatable bonds is 6. The molecular formula is C18H36N2O. The maximum absolute atomic E-state index is 6.04. The Labute approximate surface area is 131 Å². The normalized spacial score (nSPS) is 29.4. The van der Waals surface area contributed by atoms with Gasteiger partial charge in [-0.15, -0.1) is 0 Å². The highest BCUT2D eigenvalue weighted by Crippen LogP contribution is 2.26. The van der Waals surface area contributed by atoms with Gasteiger partial charge in [0, 0.05) is 24.7 Å². The number of piperidine rings is 1. The van der Waals surface area contributed by atoms with Gasteiger partial charge in [-0.05, 0) is 58.5 Å². The predicted molar refractivity (Wildman–Crippen MR) is 89.7 cm³/mol. The highest BCUT2D eigenvalue weighted by molar-refractivity contribution is 4.86. The molecule has 0 saturated carbocycles. The molecule has 0 amide bonds. The monoisotopic (exact) mass is 296 g/mol. The molecule has 2 aliphatic heterocycles. The molecule has 124 valence electrons. The molecule has 2 heterocycles. The molecule has 1 N–H and O–H groups in total. The molecule has 0 aliphatic carbocycles. The lowest BCUT2D eigenvalue weighted by Crippen LogP contribution is -2.50. The maximum atomic E-state index is 6.04. The molecule has 0 aromatic rings. The van der Waals surface area contributed by atoms with Crippen LogP contribution < -0.4 is 5.32 Å². The van der Waals surface area contributed by atoms with Crippen molar-refractivity contribution in [3.63, 3.8) is 0 Å². The average molecular weight is 296 g/mol. The molecule has 0 radical (unpaired) electrons. The van der Waals surface area contributed by atoms with E-state index in [2.05, 4.69) is 37.9 Å². The molecule has 2 fully saturated rings.